The Morgan fingerprint density at radius 3 is 2.85 bits per heavy atom. The fourth-order valence-electron chi connectivity index (χ4n) is 3.73. The number of rotatable bonds is 5. The highest BCUT2D eigenvalue weighted by atomic mass is 32.2. The molecule has 1 unspecified atom stereocenters. The molecule has 1 aromatic heterocycles. The monoisotopic (exact) mass is 384 g/mol. The normalized spacial score (nSPS) is 17.9. The molecular formula is C21H24N2O3S. The first-order valence-corrected chi connectivity index (χ1v) is 10.8. The van der Waals surface area contributed by atoms with Gasteiger partial charge in [0, 0.05) is 5.39 Å². The van der Waals surface area contributed by atoms with Crippen molar-refractivity contribution in [2.45, 2.75) is 31.1 Å². The Bertz CT molecular complexity index is 1050. The Morgan fingerprint density at radius 1 is 1.22 bits per heavy atom. The largest absolute Gasteiger partial charge is 0.464 e. The van der Waals surface area contributed by atoms with Crippen molar-refractivity contribution in [1.82, 2.24) is 5.32 Å². The van der Waals surface area contributed by atoms with Gasteiger partial charge in [-0.1, -0.05) is 18.2 Å². The van der Waals surface area contributed by atoms with Gasteiger partial charge in [0.15, 0.2) is 0 Å². The zero-order valence-corrected chi connectivity index (χ0v) is 16.2. The highest BCUT2D eigenvalue weighted by Gasteiger charge is 2.21. The number of anilines is 1. The molecule has 1 atom stereocenters. The van der Waals surface area contributed by atoms with Crippen LogP contribution in [-0.2, 0) is 16.4 Å². The van der Waals surface area contributed by atoms with E-state index in [0.29, 0.717) is 11.6 Å². The van der Waals surface area contributed by atoms with Crippen molar-refractivity contribution in [3.63, 3.8) is 0 Å². The van der Waals surface area contributed by atoms with E-state index < -0.39 is 10.0 Å². The van der Waals surface area contributed by atoms with Crippen molar-refractivity contribution < 1.29 is 12.8 Å². The Kier molecular flexibility index (Phi) is 4.93. The third kappa shape index (κ3) is 3.87. The van der Waals surface area contributed by atoms with Crippen LogP contribution in [0.2, 0.25) is 0 Å². The summed E-state index contributed by atoms with van der Waals surface area (Å²) in [6.07, 6.45) is 4.73. The highest BCUT2D eigenvalue weighted by Crippen LogP contribution is 2.29. The molecule has 27 heavy (non-hydrogen) atoms. The zero-order chi connectivity index (χ0) is 18.9. The minimum absolute atomic E-state index is 0.276. The lowest BCUT2D eigenvalue weighted by Crippen LogP contribution is -2.30. The Balaban J connectivity index is 1.69. The molecule has 3 aromatic rings. The van der Waals surface area contributed by atoms with Crippen LogP contribution < -0.4 is 10.0 Å². The fourth-order valence-corrected chi connectivity index (χ4v) is 4.95. The van der Waals surface area contributed by atoms with E-state index in [9.17, 15) is 8.42 Å². The van der Waals surface area contributed by atoms with Crippen molar-refractivity contribution in [1.29, 1.82) is 0 Å². The lowest BCUT2D eigenvalue weighted by Gasteiger charge is -2.23. The van der Waals surface area contributed by atoms with Crippen molar-refractivity contribution in [2.24, 2.45) is 5.92 Å². The van der Waals surface area contributed by atoms with E-state index in [1.54, 1.807) is 24.5 Å². The molecule has 142 valence electrons. The summed E-state index contributed by atoms with van der Waals surface area (Å²) in [7, 11) is -3.68. The molecule has 1 saturated heterocycles. The summed E-state index contributed by atoms with van der Waals surface area (Å²) < 4.78 is 34.4. The topological polar surface area (TPSA) is 71.3 Å². The van der Waals surface area contributed by atoms with E-state index in [4.69, 9.17) is 4.42 Å². The number of hydrogen-bond acceptors (Lipinski definition) is 4. The maximum atomic E-state index is 13.0. The zero-order valence-electron chi connectivity index (χ0n) is 15.4. The summed E-state index contributed by atoms with van der Waals surface area (Å²) in [5.41, 5.74) is 3.23. The first-order chi connectivity index (χ1) is 13.0. The molecule has 1 aliphatic heterocycles. The second kappa shape index (κ2) is 7.37. The first-order valence-electron chi connectivity index (χ1n) is 9.32. The summed E-state index contributed by atoms with van der Waals surface area (Å²) in [5.74, 6) is 0.495. The Morgan fingerprint density at radius 2 is 2.07 bits per heavy atom. The number of fused-ring (bicyclic) bond motifs is 1. The minimum atomic E-state index is -3.68. The molecular weight excluding hydrogens is 360 g/mol. The molecule has 0 aliphatic carbocycles. The number of benzene rings is 2. The lowest BCUT2D eigenvalue weighted by atomic mass is 9.92. The van der Waals surface area contributed by atoms with Gasteiger partial charge in [0.25, 0.3) is 10.0 Å². The molecule has 4 rings (SSSR count). The van der Waals surface area contributed by atoms with Gasteiger partial charge >= 0.3 is 0 Å². The third-order valence-electron chi connectivity index (χ3n) is 5.21. The van der Waals surface area contributed by atoms with Gasteiger partial charge in [-0.05, 0) is 80.6 Å². The quantitative estimate of drug-likeness (QED) is 0.695. The first kappa shape index (κ1) is 18.1. The van der Waals surface area contributed by atoms with Gasteiger partial charge in [0.05, 0.1) is 16.8 Å². The van der Waals surface area contributed by atoms with Crippen LogP contribution >= 0.6 is 0 Å². The molecule has 0 bridgehead atoms. The number of furan rings is 1. The van der Waals surface area contributed by atoms with Crippen LogP contribution in [0, 0.1) is 12.8 Å². The molecule has 0 saturated carbocycles. The van der Waals surface area contributed by atoms with E-state index in [1.807, 2.05) is 31.2 Å². The second-order valence-electron chi connectivity index (χ2n) is 7.26. The van der Waals surface area contributed by atoms with E-state index >= 15 is 0 Å². The van der Waals surface area contributed by atoms with Crippen molar-refractivity contribution in [2.75, 3.05) is 17.8 Å². The van der Waals surface area contributed by atoms with Gasteiger partial charge in [0.2, 0.25) is 0 Å². The van der Waals surface area contributed by atoms with E-state index in [1.165, 1.54) is 0 Å². The van der Waals surface area contributed by atoms with Crippen LogP contribution in [0.15, 0.2) is 58.0 Å². The molecule has 0 radical (unpaired) electrons. The summed E-state index contributed by atoms with van der Waals surface area (Å²) >= 11 is 0. The number of nitrogens with one attached hydrogen (secondary N) is 2. The predicted molar refractivity (Wildman–Crippen MR) is 107 cm³/mol. The van der Waals surface area contributed by atoms with E-state index in [0.717, 1.165) is 54.4 Å². The number of piperidine rings is 1. The van der Waals surface area contributed by atoms with Gasteiger partial charge in [0.1, 0.15) is 5.58 Å². The maximum Gasteiger partial charge on any atom is 0.261 e. The number of para-hydroxylation sites is 1. The summed E-state index contributed by atoms with van der Waals surface area (Å²) in [6, 6.07) is 12.6. The van der Waals surface area contributed by atoms with Gasteiger partial charge in [-0.2, -0.15) is 0 Å². The highest BCUT2D eigenvalue weighted by molar-refractivity contribution is 7.92. The van der Waals surface area contributed by atoms with Crippen molar-refractivity contribution in [3.05, 3.63) is 59.9 Å². The predicted octanol–water partition coefficient (Wildman–Crippen LogP) is 4.08. The standard InChI is InChI=1S/C21H24N2O3S/c1-15-5-2-3-7-20(15)23-27(24,25)19-12-17-8-10-26-21(17)18(13-19)11-16-6-4-9-22-14-16/h2-3,5,7-8,10,12-13,16,22-23H,4,6,9,11,14H2,1H3. The molecule has 2 aromatic carbocycles. The van der Waals surface area contributed by atoms with E-state index in [2.05, 4.69) is 10.0 Å². The van der Waals surface area contributed by atoms with Crippen LogP contribution in [0.4, 0.5) is 5.69 Å². The summed E-state index contributed by atoms with van der Waals surface area (Å²) in [4.78, 5) is 0.276. The average Bonchev–Trinajstić information content (AvgIpc) is 3.13. The van der Waals surface area contributed by atoms with Crippen molar-refractivity contribution >= 4 is 26.7 Å². The smallest absolute Gasteiger partial charge is 0.261 e. The fraction of sp³-hybridized carbons (Fsp3) is 0.333. The van der Waals surface area contributed by atoms with Crippen LogP contribution in [0.3, 0.4) is 0 Å². The number of sulfonamides is 1. The Hall–Kier alpha value is -2.31. The molecule has 0 spiro atoms. The summed E-state index contributed by atoms with van der Waals surface area (Å²) in [5, 5.41) is 4.24. The van der Waals surface area contributed by atoms with Gasteiger partial charge in [-0.15, -0.1) is 0 Å². The lowest BCUT2D eigenvalue weighted by molar-refractivity contribution is 0.375. The number of aryl methyl sites for hydroxylation is 1. The average molecular weight is 385 g/mol. The van der Waals surface area contributed by atoms with Crippen molar-refractivity contribution in [3.8, 4) is 0 Å². The third-order valence-corrected chi connectivity index (χ3v) is 6.55. The number of hydrogen-bond donors (Lipinski definition) is 2. The molecule has 1 aliphatic rings. The second-order valence-corrected chi connectivity index (χ2v) is 8.94. The molecule has 5 nitrogen and oxygen atoms in total. The minimum Gasteiger partial charge on any atom is -0.464 e. The Labute approximate surface area is 159 Å². The molecule has 2 heterocycles. The molecule has 6 heteroatoms. The van der Waals surface area contributed by atoms with Crippen LogP contribution in [0.5, 0.6) is 0 Å². The van der Waals surface area contributed by atoms with E-state index in [-0.39, 0.29) is 4.90 Å². The molecule has 2 N–H and O–H groups in total. The van der Waals surface area contributed by atoms with Gasteiger partial charge < -0.3 is 9.73 Å². The molecule has 1 fully saturated rings. The SMILES string of the molecule is Cc1ccccc1NS(=O)(=O)c1cc(CC2CCCNC2)c2occc2c1. The van der Waals surface area contributed by atoms with Gasteiger partial charge in [-0.25, -0.2) is 8.42 Å². The van der Waals surface area contributed by atoms with Crippen LogP contribution in [0.1, 0.15) is 24.0 Å². The van der Waals surface area contributed by atoms with Gasteiger partial charge in [-0.3, -0.25) is 4.72 Å². The summed E-state index contributed by atoms with van der Waals surface area (Å²) in [6.45, 7) is 3.90. The van der Waals surface area contributed by atoms with Crippen LogP contribution in [-0.4, -0.2) is 21.5 Å². The molecule has 0 amide bonds. The van der Waals surface area contributed by atoms with Crippen LogP contribution in [0.25, 0.3) is 11.0 Å². The maximum absolute atomic E-state index is 13.0.